The SMILES string of the molecule is CC1OCCN(S(C)(=O)=O)c2cc3oc(-c4ccc(F)cc4)c(C4=NCCN4)c3cc21. The van der Waals surface area contributed by atoms with E-state index >= 15 is 0 Å². The van der Waals surface area contributed by atoms with Gasteiger partial charge in [-0.25, -0.2) is 12.8 Å². The zero-order valence-corrected chi connectivity index (χ0v) is 18.0. The minimum absolute atomic E-state index is 0.230. The van der Waals surface area contributed by atoms with E-state index in [9.17, 15) is 12.8 Å². The van der Waals surface area contributed by atoms with Crippen molar-refractivity contribution < 1.29 is 22.0 Å². The van der Waals surface area contributed by atoms with E-state index in [0.29, 0.717) is 41.6 Å². The van der Waals surface area contributed by atoms with Gasteiger partial charge < -0.3 is 14.5 Å². The maximum Gasteiger partial charge on any atom is 0.232 e. The van der Waals surface area contributed by atoms with Crippen molar-refractivity contribution in [3.8, 4) is 11.3 Å². The molecule has 2 aliphatic heterocycles. The van der Waals surface area contributed by atoms with E-state index in [1.807, 2.05) is 13.0 Å². The molecule has 0 fully saturated rings. The lowest BCUT2D eigenvalue weighted by Crippen LogP contribution is -2.32. The number of hydrogen-bond acceptors (Lipinski definition) is 6. The van der Waals surface area contributed by atoms with Crippen LogP contribution in [-0.2, 0) is 14.8 Å². The first-order chi connectivity index (χ1) is 14.8. The molecule has 1 aromatic heterocycles. The Morgan fingerprint density at radius 3 is 2.68 bits per heavy atom. The molecule has 31 heavy (non-hydrogen) atoms. The summed E-state index contributed by atoms with van der Waals surface area (Å²) in [5.41, 5.74) is 3.34. The Morgan fingerprint density at radius 1 is 1.23 bits per heavy atom. The van der Waals surface area contributed by atoms with Crippen LogP contribution in [0.5, 0.6) is 0 Å². The number of sulfonamides is 1. The van der Waals surface area contributed by atoms with E-state index in [0.717, 1.165) is 23.1 Å². The molecule has 3 heterocycles. The Labute approximate surface area is 179 Å². The average molecular weight is 444 g/mol. The van der Waals surface area contributed by atoms with Crippen molar-refractivity contribution in [3.63, 3.8) is 0 Å². The molecule has 1 N–H and O–H groups in total. The van der Waals surface area contributed by atoms with E-state index in [4.69, 9.17) is 9.15 Å². The van der Waals surface area contributed by atoms with Crippen LogP contribution in [0.4, 0.5) is 10.1 Å². The van der Waals surface area contributed by atoms with E-state index in [1.165, 1.54) is 22.7 Å². The lowest BCUT2D eigenvalue weighted by atomic mass is 10.0. The summed E-state index contributed by atoms with van der Waals surface area (Å²) < 4.78 is 51.9. The molecule has 1 atom stereocenters. The number of ether oxygens (including phenoxy) is 1. The van der Waals surface area contributed by atoms with Crippen LogP contribution in [0.25, 0.3) is 22.3 Å². The number of aliphatic imine (C=N–C) groups is 1. The molecule has 3 aromatic rings. The first-order valence-corrected chi connectivity index (χ1v) is 11.9. The van der Waals surface area contributed by atoms with E-state index in [2.05, 4.69) is 10.3 Å². The monoisotopic (exact) mass is 443 g/mol. The fraction of sp³-hybridized carbons (Fsp3) is 0.318. The fourth-order valence-electron chi connectivity index (χ4n) is 4.16. The van der Waals surface area contributed by atoms with Crippen molar-refractivity contribution in [3.05, 3.63) is 53.3 Å². The van der Waals surface area contributed by atoms with Gasteiger partial charge in [-0.1, -0.05) is 0 Å². The molecule has 5 rings (SSSR count). The smallest absolute Gasteiger partial charge is 0.232 e. The number of rotatable bonds is 3. The van der Waals surface area contributed by atoms with Crippen LogP contribution in [0.1, 0.15) is 24.2 Å². The van der Waals surface area contributed by atoms with E-state index < -0.39 is 10.0 Å². The Bertz CT molecular complexity index is 1300. The topological polar surface area (TPSA) is 84.1 Å². The summed E-state index contributed by atoms with van der Waals surface area (Å²) in [6.45, 7) is 3.80. The normalized spacial score (nSPS) is 19.1. The standard InChI is InChI=1S/C22H22FN3O4S/c1-13-16-11-17-19(12-18(16)26(9-10-29-13)31(2,27)28)30-21(14-3-5-15(23)6-4-14)20(17)22-24-7-8-25-22/h3-6,11-13H,7-10H2,1-2H3,(H,24,25). The number of hydrogen-bond donors (Lipinski definition) is 1. The highest BCUT2D eigenvalue weighted by atomic mass is 32.2. The second kappa shape index (κ2) is 7.35. The molecule has 1 unspecified atom stereocenters. The molecule has 2 aromatic carbocycles. The molecule has 2 aliphatic rings. The lowest BCUT2D eigenvalue weighted by Gasteiger charge is -2.22. The molecule has 0 saturated carbocycles. The zero-order chi connectivity index (χ0) is 21.8. The summed E-state index contributed by atoms with van der Waals surface area (Å²) in [6.07, 6.45) is 0.896. The zero-order valence-electron chi connectivity index (χ0n) is 17.2. The van der Waals surface area contributed by atoms with Gasteiger partial charge in [0.15, 0.2) is 0 Å². The molecular formula is C22H22FN3O4S. The predicted molar refractivity (Wildman–Crippen MR) is 118 cm³/mol. The van der Waals surface area contributed by atoms with Gasteiger partial charge in [-0.3, -0.25) is 9.30 Å². The molecule has 0 aliphatic carbocycles. The number of halogens is 1. The van der Waals surface area contributed by atoms with Gasteiger partial charge in [0.1, 0.15) is 23.0 Å². The average Bonchev–Trinajstić information content (AvgIpc) is 3.33. The number of anilines is 1. The number of furan rings is 1. The van der Waals surface area contributed by atoms with Crippen LogP contribution in [-0.4, -0.2) is 46.8 Å². The van der Waals surface area contributed by atoms with Gasteiger partial charge in [0.2, 0.25) is 10.0 Å². The summed E-state index contributed by atoms with van der Waals surface area (Å²) in [4.78, 5) is 4.57. The number of fused-ring (bicyclic) bond motifs is 2. The minimum Gasteiger partial charge on any atom is -0.455 e. The number of benzene rings is 2. The second-order valence-electron chi connectivity index (χ2n) is 7.73. The molecule has 9 heteroatoms. The molecule has 0 bridgehead atoms. The Morgan fingerprint density at radius 2 is 2.00 bits per heavy atom. The van der Waals surface area contributed by atoms with Crippen LogP contribution in [0.2, 0.25) is 0 Å². The maximum absolute atomic E-state index is 13.5. The number of nitrogens with zero attached hydrogens (tertiary/aromatic N) is 2. The summed E-state index contributed by atoms with van der Waals surface area (Å²) >= 11 is 0. The summed E-state index contributed by atoms with van der Waals surface area (Å²) in [5.74, 6) is 0.933. The maximum atomic E-state index is 13.5. The predicted octanol–water partition coefficient (Wildman–Crippen LogP) is 3.45. The second-order valence-corrected chi connectivity index (χ2v) is 9.63. The van der Waals surface area contributed by atoms with Gasteiger partial charge in [0, 0.05) is 29.1 Å². The van der Waals surface area contributed by atoms with E-state index in [-0.39, 0.29) is 18.5 Å². The van der Waals surface area contributed by atoms with Crippen LogP contribution in [0.15, 0.2) is 45.8 Å². The van der Waals surface area contributed by atoms with Crippen molar-refractivity contribution in [2.75, 3.05) is 36.8 Å². The fourth-order valence-corrected chi connectivity index (χ4v) is 5.08. The highest BCUT2D eigenvalue weighted by Crippen LogP contribution is 2.41. The first-order valence-electron chi connectivity index (χ1n) is 10.1. The third-order valence-corrected chi connectivity index (χ3v) is 6.80. The van der Waals surface area contributed by atoms with Crippen molar-refractivity contribution in [2.24, 2.45) is 4.99 Å². The van der Waals surface area contributed by atoms with Gasteiger partial charge in [0.25, 0.3) is 0 Å². The molecule has 0 spiro atoms. The quantitative estimate of drug-likeness (QED) is 0.670. The van der Waals surface area contributed by atoms with Gasteiger partial charge in [-0.15, -0.1) is 0 Å². The van der Waals surface area contributed by atoms with Gasteiger partial charge in [-0.2, -0.15) is 0 Å². The van der Waals surface area contributed by atoms with Gasteiger partial charge in [-0.05, 0) is 37.3 Å². The van der Waals surface area contributed by atoms with Crippen molar-refractivity contribution in [2.45, 2.75) is 13.0 Å². The van der Waals surface area contributed by atoms with Crippen molar-refractivity contribution in [1.82, 2.24) is 5.32 Å². The van der Waals surface area contributed by atoms with Crippen LogP contribution in [0, 0.1) is 5.82 Å². The molecule has 0 radical (unpaired) electrons. The molecule has 0 amide bonds. The summed E-state index contributed by atoms with van der Waals surface area (Å²) in [6, 6.07) is 9.76. The first kappa shape index (κ1) is 20.0. The van der Waals surface area contributed by atoms with Gasteiger partial charge in [0.05, 0.1) is 43.3 Å². The van der Waals surface area contributed by atoms with Crippen molar-refractivity contribution in [1.29, 1.82) is 0 Å². The number of amidine groups is 1. The molecule has 7 nitrogen and oxygen atoms in total. The van der Waals surface area contributed by atoms with Crippen molar-refractivity contribution >= 4 is 32.5 Å². The van der Waals surface area contributed by atoms with E-state index in [1.54, 1.807) is 18.2 Å². The summed E-state index contributed by atoms with van der Waals surface area (Å²) in [5, 5.41) is 4.09. The highest BCUT2D eigenvalue weighted by molar-refractivity contribution is 7.92. The molecular weight excluding hydrogens is 421 g/mol. The Balaban J connectivity index is 1.80. The molecule has 162 valence electrons. The van der Waals surface area contributed by atoms with Crippen LogP contribution >= 0.6 is 0 Å². The van der Waals surface area contributed by atoms with Crippen LogP contribution < -0.4 is 9.62 Å². The number of nitrogens with one attached hydrogen (secondary N) is 1. The Hall–Kier alpha value is -2.91. The highest BCUT2D eigenvalue weighted by Gasteiger charge is 2.30. The third-order valence-electron chi connectivity index (χ3n) is 5.62. The largest absolute Gasteiger partial charge is 0.455 e. The molecule has 0 saturated heterocycles. The summed E-state index contributed by atoms with van der Waals surface area (Å²) in [7, 11) is -3.50. The van der Waals surface area contributed by atoms with Crippen LogP contribution in [0.3, 0.4) is 0 Å². The lowest BCUT2D eigenvalue weighted by molar-refractivity contribution is 0.0769. The van der Waals surface area contributed by atoms with Gasteiger partial charge >= 0.3 is 0 Å². The minimum atomic E-state index is -3.50. The third kappa shape index (κ3) is 3.47. The Kier molecular flexibility index (Phi) is 4.75.